The van der Waals surface area contributed by atoms with Crippen LogP contribution in [0.2, 0.25) is 5.02 Å². The van der Waals surface area contributed by atoms with Gasteiger partial charge in [0, 0.05) is 37.7 Å². The maximum atomic E-state index is 12.1. The second kappa shape index (κ2) is 4.97. The highest BCUT2D eigenvalue weighted by Gasteiger charge is 2.15. The minimum Gasteiger partial charge on any atom is -0.337 e. The van der Waals surface area contributed by atoms with Crippen molar-refractivity contribution in [1.29, 1.82) is 0 Å². The second-order valence-electron chi connectivity index (χ2n) is 3.62. The smallest absolute Gasteiger partial charge is 0.256 e. The molecule has 0 saturated heterocycles. The minimum atomic E-state index is -0.163. The van der Waals surface area contributed by atoms with E-state index in [2.05, 4.69) is 15.2 Å². The van der Waals surface area contributed by atoms with E-state index in [4.69, 9.17) is 11.6 Å². The number of rotatable bonds is 3. The van der Waals surface area contributed by atoms with Crippen LogP contribution in [0, 0.1) is 0 Å². The molecule has 17 heavy (non-hydrogen) atoms. The molecule has 0 aliphatic rings. The molecule has 0 unspecified atom stereocenters. The fraction of sp³-hybridized carbons (Fsp3) is 0.182. The van der Waals surface area contributed by atoms with E-state index < -0.39 is 0 Å². The van der Waals surface area contributed by atoms with Crippen LogP contribution in [0.1, 0.15) is 15.9 Å². The van der Waals surface area contributed by atoms with E-state index in [9.17, 15) is 4.79 Å². The Morgan fingerprint density at radius 2 is 2.35 bits per heavy atom. The number of nitrogens with one attached hydrogen (secondary N) is 1. The van der Waals surface area contributed by atoms with Gasteiger partial charge in [-0.25, -0.2) is 0 Å². The number of carbonyl (C=O) groups excluding carboxylic acids is 1. The van der Waals surface area contributed by atoms with Crippen molar-refractivity contribution in [2.45, 2.75) is 6.54 Å². The lowest BCUT2D eigenvalue weighted by molar-refractivity contribution is 0.0785. The topological polar surface area (TPSA) is 61.9 Å². The van der Waals surface area contributed by atoms with Crippen molar-refractivity contribution in [2.24, 2.45) is 0 Å². The Labute approximate surface area is 103 Å². The molecule has 0 aliphatic heterocycles. The van der Waals surface area contributed by atoms with Gasteiger partial charge >= 0.3 is 0 Å². The fourth-order valence-corrected chi connectivity index (χ4v) is 1.64. The number of aromatic amines is 1. The van der Waals surface area contributed by atoms with Crippen molar-refractivity contribution in [2.75, 3.05) is 7.05 Å². The average Bonchev–Trinajstić information content (AvgIpc) is 2.81. The first-order chi connectivity index (χ1) is 8.18. The van der Waals surface area contributed by atoms with Crippen LogP contribution in [-0.2, 0) is 6.54 Å². The normalized spacial score (nSPS) is 10.2. The van der Waals surface area contributed by atoms with Crippen molar-refractivity contribution in [3.8, 4) is 0 Å². The van der Waals surface area contributed by atoms with Gasteiger partial charge in [-0.3, -0.25) is 14.9 Å². The van der Waals surface area contributed by atoms with Crippen LogP contribution in [0.15, 0.2) is 30.9 Å². The first-order valence-corrected chi connectivity index (χ1v) is 5.39. The third kappa shape index (κ3) is 2.62. The van der Waals surface area contributed by atoms with E-state index in [1.807, 2.05) is 0 Å². The van der Waals surface area contributed by atoms with Crippen LogP contribution in [0.5, 0.6) is 0 Å². The van der Waals surface area contributed by atoms with Crippen LogP contribution >= 0.6 is 11.6 Å². The number of hydrogen-bond donors (Lipinski definition) is 1. The lowest BCUT2D eigenvalue weighted by atomic mass is 10.2. The molecule has 0 aliphatic carbocycles. The molecule has 0 saturated carbocycles. The molecule has 2 aromatic rings. The monoisotopic (exact) mass is 250 g/mol. The number of amides is 1. The summed E-state index contributed by atoms with van der Waals surface area (Å²) in [5.74, 6) is -0.163. The summed E-state index contributed by atoms with van der Waals surface area (Å²) in [6, 6.07) is 1.60. The van der Waals surface area contributed by atoms with Gasteiger partial charge in [0.25, 0.3) is 5.91 Å². The summed E-state index contributed by atoms with van der Waals surface area (Å²) in [5.41, 5.74) is 1.33. The predicted octanol–water partition coefficient (Wildman–Crippen LogP) is 1.73. The van der Waals surface area contributed by atoms with Gasteiger partial charge in [0.1, 0.15) is 0 Å². The van der Waals surface area contributed by atoms with E-state index in [0.29, 0.717) is 17.1 Å². The van der Waals surface area contributed by atoms with E-state index >= 15 is 0 Å². The Morgan fingerprint density at radius 3 is 3.00 bits per heavy atom. The SMILES string of the molecule is CN(Cc1cn[nH]c1)C(=O)c1cnccc1Cl. The molecule has 0 radical (unpaired) electrons. The largest absolute Gasteiger partial charge is 0.337 e. The predicted molar refractivity (Wildman–Crippen MR) is 63.6 cm³/mol. The van der Waals surface area contributed by atoms with E-state index in [-0.39, 0.29) is 5.91 Å². The van der Waals surface area contributed by atoms with Crippen LogP contribution < -0.4 is 0 Å². The first kappa shape index (κ1) is 11.6. The summed E-state index contributed by atoms with van der Waals surface area (Å²) < 4.78 is 0. The number of aromatic nitrogens is 3. The molecule has 5 nitrogen and oxygen atoms in total. The van der Waals surface area contributed by atoms with Gasteiger partial charge in [0.05, 0.1) is 16.8 Å². The van der Waals surface area contributed by atoms with Gasteiger partial charge in [0.2, 0.25) is 0 Å². The lowest BCUT2D eigenvalue weighted by Crippen LogP contribution is -2.26. The third-order valence-electron chi connectivity index (χ3n) is 2.32. The molecular weight excluding hydrogens is 240 g/mol. The van der Waals surface area contributed by atoms with E-state index in [1.54, 1.807) is 36.6 Å². The highest BCUT2D eigenvalue weighted by atomic mass is 35.5. The maximum Gasteiger partial charge on any atom is 0.256 e. The van der Waals surface area contributed by atoms with Crippen LogP contribution in [-0.4, -0.2) is 33.0 Å². The molecule has 0 atom stereocenters. The summed E-state index contributed by atoms with van der Waals surface area (Å²) in [5, 5.41) is 6.93. The minimum absolute atomic E-state index is 0.163. The average molecular weight is 251 g/mol. The summed E-state index contributed by atoms with van der Waals surface area (Å²) in [7, 11) is 1.71. The van der Waals surface area contributed by atoms with Crippen molar-refractivity contribution in [3.05, 3.63) is 47.0 Å². The van der Waals surface area contributed by atoms with E-state index in [1.165, 1.54) is 6.20 Å². The number of hydrogen-bond acceptors (Lipinski definition) is 3. The fourth-order valence-electron chi connectivity index (χ4n) is 1.45. The Morgan fingerprint density at radius 1 is 1.53 bits per heavy atom. The first-order valence-electron chi connectivity index (χ1n) is 5.01. The van der Waals surface area contributed by atoms with Gasteiger partial charge in [0.15, 0.2) is 0 Å². The number of H-pyrrole nitrogens is 1. The van der Waals surface area contributed by atoms with Crippen LogP contribution in [0.25, 0.3) is 0 Å². The van der Waals surface area contributed by atoms with Gasteiger partial charge in [-0.15, -0.1) is 0 Å². The van der Waals surface area contributed by atoms with Gasteiger partial charge in [-0.2, -0.15) is 5.10 Å². The quantitative estimate of drug-likeness (QED) is 0.902. The van der Waals surface area contributed by atoms with Crippen molar-refractivity contribution in [3.63, 3.8) is 0 Å². The number of carbonyl (C=O) groups is 1. The highest BCUT2D eigenvalue weighted by Crippen LogP contribution is 2.16. The summed E-state index contributed by atoms with van der Waals surface area (Å²) in [6.07, 6.45) is 6.44. The molecule has 0 spiro atoms. The van der Waals surface area contributed by atoms with Gasteiger partial charge in [-0.1, -0.05) is 11.6 Å². The molecule has 2 heterocycles. The zero-order valence-electron chi connectivity index (χ0n) is 9.22. The molecule has 0 bridgehead atoms. The summed E-state index contributed by atoms with van der Waals surface area (Å²) in [6.45, 7) is 0.473. The number of pyridine rings is 1. The van der Waals surface area contributed by atoms with Gasteiger partial charge < -0.3 is 4.90 Å². The summed E-state index contributed by atoms with van der Waals surface area (Å²) >= 11 is 5.94. The Bertz CT molecular complexity index is 512. The molecule has 0 fully saturated rings. The van der Waals surface area contributed by atoms with Crippen molar-refractivity contribution >= 4 is 17.5 Å². The van der Waals surface area contributed by atoms with Crippen LogP contribution in [0.4, 0.5) is 0 Å². The van der Waals surface area contributed by atoms with Crippen LogP contribution in [0.3, 0.4) is 0 Å². The molecule has 1 N–H and O–H groups in total. The molecule has 0 aromatic carbocycles. The van der Waals surface area contributed by atoms with E-state index in [0.717, 1.165) is 5.56 Å². The number of halogens is 1. The number of nitrogens with zero attached hydrogens (tertiary/aromatic N) is 3. The van der Waals surface area contributed by atoms with Crippen molar-refractivity contribution in [1.82, 2.24) is 20.1 Å². The van der Waals surface area contributed by atoms with Crippen molar-refractivity contribution < 1.29 is 4.79 Å². The Kier molecular flexibility index (Phi) is 3.39. The highest BCUT2D eigenvalue weighted by molar-refractivity contribution is 6.33. The molecule has 6 heteroatoms. The lowest BCUT2D eigenvalue weighted by Gasteiger charge is -2.16. The molecule has 2 rings (SSSR count). The zero-order chi connectivity index (χ0) is 12.3. The second-order valence-corrected chi connectivity index (χ2v) is 4.03. The third-order valence-corrected chi connectivity index (χ3v) is 2.65. The molecule has 2 aromatic heterocycles. The maximum absolute atomic E-state index is 12.1. The molecule has 1 amide bonds. The molecule has 88 valence electrons. The summed E-state index contributed by atoms with van der Waals surface area (Å²) in [4.78, 5) is 17.5. The molecular formula is C11H11ClN4O. The standard InChI is InChI=1S/C11H11ClN4O/c1-16(7-8-4-14-15-5-8)11(17)9-6-13-3-2-10(9)12/h2-6H,7H2,1H3,(H,14,15). The Balaban J connectivity index is 2.13. The van der Waals surface area contributed by atoms with Gasteiger partial charge in [-0.05, 0) is 6.07 Å². The zero-order valence-corrected chi connectivity index (χ0v) is 9.98. The Hall–Kier alpha value is -1.88.